The van der Waals surface area contributed by atoms with Crippen LogP contribution in [0.4, 0.5) is 5.82 Å². The van der Waals surface area contributed by atoms with Gasteiger partial charge in [-0.2, -0.15) is 0 Å². The van der Waals surface area contributed by atoms with Gasteiger partial charge in [0.25, 0.3) is 5.56 Å². The summed E-state index contributed by atoms with van der Waals surface area (Å²) in [4.78, 5) is 31.0. The molecule has 0 unspecified atom stereocenters. The molecule has 0 saturated carbocycles. The zero-order valence-corrected chi connectivity index (χ0v) is 18.3. The highest BCUT2D eigenvalue weighted by molar-refractivity contribution is 8.00. The Bertz CT molecular complexity index is 1140. The van der Waals surface area contributed by atoms with E-state index in [4.69, 9.17) is 14.2 Å². The van der Waals surface area contributed by atoms with Crippen LogP contribution in [0.15, 0.2) is 49.7 Å². The van der Waals surface area contributed by atoms with Gasteiger partial charge in [-0.1, -0.05) is 23.8 Å². The Labute approximate surface area is 181 Å². The van der Waals surface area contributed by atoms with E-state index in [9.17, 15) is 9.59 Å². The summed E-state index contributed by atoms with van der Waals surface area (Å²) >= 11 is 2.75. The van der Waals surface area contributed by atoms with Gasteiger partial charge in [0.2, 0.25) is 5.91 Å². The Balaban J connectivity index is 1.63. The fourth-order valence-corrected chi connectivity index (χ4v) is 5.02. The lowest BCUT2D eigenvalue weighted by Gasteiger charge is -2.14. The molecular formula is C20H20N4O4S2. The zero-order chi connectivity index (χ0) is 21.3. The van der Waals surface area contributed by atoms with Crippen molar-refractivity contribution in [2.75, 3.05) is 18.2 Å². The monoisotopic (exact) mass is 444 g/mol. The van der Waals surface area contributed by atoms with E-state index < -0.39 is 0 Å². The van der Waals surface area contributed by atoms with E-state index in [0.29, 0.717) is 38.3 Å². The molecule has 3 heterocycles. The molecule has 8 nitrogen and oxygen atoms in total. The lowest BCUT2D eigenvalue weighted by molar-refractivity contribution is -0.113. The summed E-state index contributed by atoms with van der Waals surface area (Å²) in [7, 11) is 1.59. The van der Waals surface area contributed by atoms with Crippen LogP contribution in [0.1, 0.15) is 18.4 Å². The van der Waals surface area contributed by atoms with Crippen molar-refractivity contribution in [3.05, 3.63) is 52.1 Å². The third kappa shape index (κ3) is 4.24. The number of aromatic nitrogens is 3. The number of fused-ring (bicyclic) bond motifs is 1. The predicted molar refractivity (Wildman–Crippen MR) is 116 cm³/mol. The zero-order valence-electron chi connectivity index (χ0n) is 16.7. The number of hydrogen-bond donors (Lipinski definition) is 1. The number of nitrogens with one attached hydrogen (secondary N) is 1. The Hall–Kier alpha value is -2.72. The first-order valence-corrected chi connectivity index (χ1v) is 11.1. The van der Waals surface area contributed by atoms with E-state index in [1.54, 1.807) is 60.7 Å². The van der Waals surface area contributed by atoms with Gasteiger partial charge in [-0.3, -0.25) is 14.2 Å². The first-order valence-electron chi connectivity index (χ1n) is 9.27. The largest absolute Gasteiger partial charge is 0.497 e. The molecule has 10 heteroatoms. The van der Waals surface area contributed by atoms with Gasteiger partial charge in [0.15, 0.2) is 11.0 Å². The number of carbonyl (C=O) groups is 1. The van der Waals surface area contributed by atoms with Crippen LogP contribution in [-0.2, 0) is 11.2 Å². The normalized spacial score (nSPS) is 15.1. The Morgan fingerprint density at radius 2 is 2.17 bits per heavy atom. The molecule has 2 aromatic heterocycles. The van der Waals surface area contributed by atoms with Crippen molar-refractivity contribution in [2.45, 2.75) is 35.6 Å². The number of carbonyl (C=O) groups excluding carboxylic acids is 1. The molecule has 1 N–H and O–H groups in total. The van der Waals surface area contributed by atoms with Gasteiger partial charge in [-0.25, -0.2) is 4.98 Å². The second kappa shape index (κ2) is 8.57. The van der Waals surface area contributed by atoms with Crippen molar-refractivity contribution in [3.8, 4) is 11.4 Å². The second-order valence-electron chi connectivity index (χ2n) is 6.80. The van der Waals surface area contributed by atoms with Crippen LogP contribution in [0, 0.1) is 6.92 Å². The number of anilines is 1. The van der Waals surface area contributed by atoms with Crippen molar-refractivity contribution < 1.29 is 14.1 Å². The summed E-state index contributed by atoms with van der Waals surface area (Å²) < 4.78 is 11.7. The molecule has 156 valence electrons. The molecule has 0 bridgehead atoms. The van der Waals surface area contributed by atoms with Crippen molar-refractivity contribution in [1.29, 1.82) is 0 Å². The number of aryl methyl sites for hydroxylation is 1. The maximum Gasteiger partial charge on any atom is 0.272 e. The van der Waals surface area contributed by atoms with Crippen LogP contribution in [0.3, 0.4) is 0 Å². The topological polar surface area (TPSA) is 99.2 Å². The molecule has 4 rings (SSSR count). The van der Waals surface area contributed by atoms with Gasteiger partial charge in [0.05, 0.1) is 29.1 Å². The highest BCUT2D eigenvalue weighted by Gasteiger charge is 2.27. The summed E-state index contributed by atoms with van der Waals surface area (Å²) in [6.07, 6.45) is 0.733. The standard InChI is InChI=1S/C20H20N4O4S2/c1-11-8-16(23-28-11)22-17(25)10-29-20-21-15-9-12(2)30-18(15)19(26)24(20)13-4-6-14(27-3)7-5-13/h4-8,12H,9-10H2,1-3H3,(H,22,23,25)/t12-/m0/s1. The van der Waals surface area contributed by atoms with Gasteiger partial charge in [-0.05, 0) is 31.2 Å². The predicted octanol–water partition coefficient (Wildman–Crippen LogP) is 3.31. The summed E-state index contributed by atoms with van der Waals surface area (Å²) in [5, 5.41) is 7.21. The summed E-state index contributed by atoms with van der Waals surface area (Å²) in [6.45, 7) is 3.82. The molecule has 1 aliphatic heterocycles. The number of ether oxygens (including phenoxy) is 1. The van der Waals surface area contributed by atoms with E-state index >= 15 is 0 Å². The molecular weight excluding hydrogens is 424 g/mol. The van der Waals surface area contributed by atoms with Crippen molar-refractivity contribution in [3.63, 3.8) is 0 Å². The Morgan fingerprint density at radius 3 is 2.83 bits per heavy atom. The van der Waals surface area contributed by atoms with Gasteiger partial charge in [0, 0.05) is 17.7 Å². The fraction of sp³-hybridized carbons (Fsp3) is 0.300. The van der Waals surface area contributed by atoms with E-state index in [2.05, 4.69) is 17.4 Å². The van der Waals surface area contributed by atoms with Crippen LogP contribution in [0.5, 0.6) is 5.75 Å². The molecule has 1 aliphatic rings. The minimum absolute atomic E-state index is 0.0794. The minimum Gasteiger partial charge on any atom is -0.497 e. The molecule has 0 fully saturated rings. The molecule has 0 radical (unpaired) electrons. The second-order valence-corrected chi connectivity index (χ2v) is 9.19. The third-order valence-corrected chi connectivity index (χ3v) is 6.59. The Kier molecular flexibility index (Phi) is 5.87. The number of rotatable bonds is 6. The first-order chi connectivity index (χ1) is 14.4. The summed E-state index contributed by atoms with van der Waals surface area (Å²) in [5.41, 5.74) is 1.35. The van der Waals surface area contributed by atoms with Gasteiger partial charge < -0.3 is 14.6 Å². The van der Waals surface area contributed by atoms with Crippen LogP contribution in [0.25, 0.3) is 5.69 Å². The number of nitrogens with zero attached hydrogens (tertiary/aromatic N) is 3. The van der Waals surface area contributed by atoms with Crippen molar-refractivity contribution in [1.82, 2.24) is 14.7 Å². The molecule has 0 saturated heterocycles. The molecule has 0 aliphatic carbocycles. The smallest absolute Gasteiger partial charge is 0.272 e. The van der Waals surface area contributed by atoms with Crippen LogP contribution in [-0.4, -0.2) is 38.7 Å². The number of amides is 1. The van der Waals surface area contributed by atoms with Crippen LogP contribution < -0.4 is 15.6 Å². The number of hydrogen-bond acceptors (Lipinski definition) is 8. The van der Waals surface area contributed by atoms with Crippen molar-refractivity contribution >= 4 is 35.2 Å². The fourth-order valence-electron chi connectivity index (χ4n) is 3.09. The maximum atomic E-state index is 13.3. The average molecular weight is 445 g/mol. The molecule has 1 atom stereocenters. The van der Waals surface area contributed by atoms with E-state index in [1.807, 2.05) is 0 Å². The number of benzene rings is 1. The Morgan fingerprint density at radius 1 is 1.40 bits per heavy atom. The lowest BCUT2D eigenvalue weighted by Crippen LogP contribution is -2.24. The molecule has 1 amide bonds. The highest BCUT2D eigenvalue weighted by atomic mass is 32.2. The van der Waals surface area contributed by atoms with Crippen LogP contribution in [0.2, 0.25) is 0 Å². The number of thioether (sulfide) groups is 2. The molecule has 30 heavy (non-hydrogen) atoms. The first kappa shape index (κ1) is 20.5. The third-order valence-electron chi connectivity index (χ3n) is 4.44. The van der Waals surface area contributed by atoms with Gasteiger partial charge >= 0.3 is 0 Å². The van der Waals surface area contributed by atoms with E-state index in [-0.39, 0.29) is 17.2 Å². The highest BCUT2D eigenvalue weighted by Crippen LogP contribution is 2.35. The molecule has 1 aromatic carbocycles. The summed E-state index contributed by atoms with van der Waals surface area (Å²) in [5.74, 6) is 1.49. The average Bonchev–Trinajstić information content (AvgIpc) is 3.31. The minimum atomic E-state index is -0.257. The molecule has 3 aromatic rings. The van der Waals surface area contributed by atoms with Gasteiger partial charge in [-0.15, -0.1) is 11.8 Å². The van der Waals surface area contributed by atoms with Crippen LogP contribution >= 0.6 is 23.5 Å². The summed E-state index contributed by atoms with van der Waals surface area (Å²) in [6, 6.07) is 8.83. The van der Waals surface area contributed by atoms with E-state index in [0.717, 1.165) is 12.1 Å². The quantitative estimate of drug-likeness (QED) is 0.457. The SMILES string of the molecule is COc1ccc(-n2c(SCC(=O)Nc3cc(C)on3)nc3c(c2=O)S[C@@H](C)C3)cc1. The maximum absolute atomic E-state index is 13.3. The van der Waals surface area contributed by atoms with Crippen molar-refractivity contribution in [2.24, 2.45) is 0 Å². The van der Waals surface area contributed by atoms with Gasteiger partial charge in [0.1, 0.15) is 11.5 Å². The lowest BCUT2D eigenvalue weighted by atomic mass is 10.2. The van der Waals surface area contributed by atoms with E-state index in [1.165, 1.54) is 11.8 Å². The molecule has 0 spiro atoms. The number of methoxy groups -OCH3 is 1.